The third kappa shape index (κ3) is 2.98. The summed E-state index contributed by atoms with van der Waals surface area (Å²) in [5.41, 5.74) is 6.02. The first kappa shape index (κ1) is 12.8. The second-order valence-corrected chi connectivity index (χ2v) is 3.89. The van der Waals surface area contributed by atoms with Gasteiger partial charge in [-0.1, -0.05) is 0 Å². The van der Waals surface area contributed by atoms with Gasteiger partial charge in [-0.15, -0.1) is 0 Å². The van der Waals surface area contributed by atoms with Crippen LogP contribution < -0.4 is 11.1 Å². The summed E-state index contributed by atoms with van der Waals surface area (Å²) < 4.78 is 26.1. The lowest BCUT2D eigenvalue weighted by Crippen LogP contribution is -2.04. The molecule has 98 valence electrons. The fourth-order valence-corrected chi connectivity index (χ4v) is 1.63. The van der Waals surface area contributed by atoms with Crippen molar-refractivity contribution in [3.05, 3.63) is 53.6 Å². The van der Waals surface area contributed by atoms with E-state index in [4.69, 9.17) is 10.8 Å². The fraction of sp³-hybridized carbons (Fsp3) is 0. The Morgan fingerprint density at radius 2 is 1.74 bits per heavy atom. The summed E-state index contributed by atoms with van der Waals surface area (Å²) >= 11 is 0. The topological polar surface area (TPSA) is 75.3 Å². The molecule has 0 aromatic heterocycles. The first-order valence-electron chi connectivity index (χ1n) is 5.31. The van der Waals surface area contributed by atoms with Crippen LogP contribution in [0.15, 0.2) is 36.4 Å². The maximum Gasteiger partial charge on any atom is 0.337 e. The van der Waals surface area contributed by atoms with Crippen LogP contribution in [0.1, 0.15) is 10.4 Å². The molecule has 0 spiro atoms. The molecule has 2 aromatic rings. The molecular weight excluding hydrogens is 254 g/mol. The number of nitrogen functional groups attached to an aromatic ring is 1. The van der Waals surface area contributed by atoms with Gasteiger partial charge in [0.1, 0.15) is 11.6 Å². The first-order valence-corrected chi connectivity index (χ1v) is 5.31. The van der Waals surface area contributed by atoms with Crippen LogP contribution in [0.3, 0.4) is 0 Å². The molecule has 0 fully saturated rings. The summed E-state index contributed by atoms with van der Waals surface area (Å²) in [5, 5.41) is 11.7. The minimum Gasteiger partial charge on any atom is -0.478 e. The zero-order valence-electron chi connectivity index (χ0n) is 9.65. The molecular formula is C13H10F2N2O2. The van der Waals surface area contributed by atoms with Gasteiger partial charge in [0.05, 0.1) is 11.3 Å². The van der Waals surface area contributed by atoms with Crippen LogP contribution in [-0.4, -0.2) is 11.1 Å². The molecule has 2 rings (SSSR count). The zero-order valence-corrected chi connectivity index (χ0v) is 9.65. The van der Waals surface area contributed by atoms with E-state index in [9.17, 15) is 13.6 Å². The van der Waals surface area contributed by atoms with E-state index >= 15 is 0 Å². The summed E-state index contributed by atoms with van der Waals surface area (Å²) in [6.45, 7) is 0. The Balaban J connectivity index is 2.40. The van der Waals surface area contributed by atoms with Crippen molar-refractivity contribution in [1.29, 1.82) is 0 Å². The average molecular weight is 264 g/mol. The summed E-state index contributed by atoms with van der Waals surface area (Å²) in [4.78, 5) is 11.1. The Morgan fingerprint density at radius 3 is 2.32 bits per heavy atom. The minimum absolute atomic E-state index is 0.0790. The molecule has 0 aliphatic carbocycles. The van der Waals surface area contributed by atoms with E-state index in [2.05, 4.69) is 5.32 Å². The molecule has 0 aliphatic rings. The number of benzene rings is 2. The maximum atomic E-state index is 13.0. The Labute approximate surface area is 107 Å². The highest BCUT2D eigenvalue weighted by molar-refractivity contribution is 5.96. The quantitative estimate of drug-likeness (QED) is 0.745. The largest absolute Gasteiger partial charge is 0.478 e. The van der Waals surface area contributed by atoms with E-state index in [1.807, 2.05) is 0 Å². The molecule has 2 aromatic carbocycles. The molecule has 0 saturated carbocycles. The van der Waals surface area contributed by atoms with Gasteiger partial charge in [0.2, 0.25) is 0 Å². The van der Waals surface area contributed by atoms with Crippen LogP contribution in [-0.2, 0) is 0 Å². The summed E-state index contributed by atoms with van der Waals surface area (Å²) in [5.74, 6) is -2.70. The van der Waals surface area contributed by atoms with Crippen molar-refractivity contribution in [2.45, 2.75) is 0 Å². The van der Waals surface area contributed by atoms with Crippen molar-refractivity contribution in [3.8, 4) is 0 Å². The van der Waals surface area contributed by atoms with Gasteiger partial charge in [-0.25, -0.2) is 13.6 Å². The summed E-state index contributed by atoms with van der Waals surface area (Å²) in [7, 11) is 0. The normalized spacial score (nSPS) is 10.2. The highest BCUT2D eigenvalue weighted by atomic mass is 19.1. The number of nitrogens with one attached hydrogen (secondary N) is 1. The van der Waals surface area contributed by atoms with E-state index in [0.717, 1.165) is 18.2 Å². The van der Waals surface area contributed by atoms with Gasteiger partial charge in [0.25, 0.3) is 0 Å². The van der Waals surface area contributed by atoms with Crippen LogP contribution in [0.2, 0.25) is 0 Å². The monoisotopic (exact) mass is 264 g/mol. The third-order valence-electron chi connectivity index (χ3n) is 2.42. The van der Waals surface area contributed by atoms with Crippen LogP contribution in [0.25, 0.3) is 0 Å². The molecule has 0 unspecified atom stereocenters. The molecule has 6 heteroatoms. The van der Waals surface area contributed by atoms with E-state index in [1.54, 1.807) is 0 Å². The van der Waals surface area contributed by atoms with Gasteiger partial charge in [-0.2, -0.15) is 0 Å². The predicted molar refractivity (Wildman–Crippen MR) is 67.5 cm³/mol. The SMILES string of the molecule is Nc1ccc(Nc2cc(F)cc(F)c2)c(C(=O)O)c1. The van der Waals surface area contributed by atoms with Crippen molar-refractivity contribution >= 4 is 23.0 Å². The number of carboxylic acid groups (broad SMARTS) is 1. The van der Waals surface area contributed by atoms with Crippen molar-refractivity contribution in [3.63, 3.8) is 0 Å². The van der Waals surface area contributed by atoms with Crippen molar-refractivity contribution in [2.75, 3.05) is 11.1 Å². The molecule has 4 N–H and O–H groups in total. The smallest absolute Gasteiger partial charge is 0.337 e. The number of hydrogen-bond acceptors (Lipinski definition) is 3. The second-order valence-electron chi connectivity index (χ2n) is 3.89. The number of aromatic carboxylic acids is 1. The average Bonchev–Trinajstić information content (AvgIpc) is 2.30. The molecule has 0 heterocycles. The van der Waals surface area contributed by atoms with Crippen molar-refractivity contribution in [1.82, 2.24) is 0 Å². The summed E-state index contributed by atoms with van der Waals surface area (Å²) in [6, 6.07) is 7.04. The fourth-order valence-electron chi connectivity index (χ4n) is 1.63. The predicted octanol–water partition coefficient (Wildman–Crippen LogP) is 2.99. The lowest BCUT2D eigenvalue weighted by Gasteiger charge is -2.10. The highest BCUT2D eigenvalue weighted by Crippen LogP contribution is 2.24. The number of hydrogen-bond donors (Lipinski definition) is 3. The Kier molecular flexibility index (Phi) is 3.33. The first-order chi connectivity index (χ1) is 8.95. The van der Waals surface area contributed by atoms with Crippen molar-refractivity contribution in [2.24, 2.45) is 0 Å². The Bertz CT molecular complexity index is 624. The van der Waals surface area contributed by atoms with Crippen LogP contribution in [0.5, 0.6) is 0 Å². The Hall–Kier alpha value is -2.63. The van der Waals surface area contributed by atoms with Gasteiger partial charge < -0.3 is 16.2 Å². The molecule has 0 radical (unpaired) electrons. The molecule has 4 nitrogen and oxygen atoms in total. The van der Waals surface area contributed by atoms with E-state index in [0.29, 0.717) is 0 Å². The number of carbonyl (C=O) groups is 1. The van der Waals surface area contributed by atoms with Gasteiger partial charge in [0.15, 0.2) is 0 Å². The number of nitrogens with two attached hydrogens (primary N) is 1. The number of rotatable bonds is 3. The number of anilines is 3. The van der Waals surface area contributed by atoms with Crippen LogP contribution >= 0.6 is 0 Å². The molecule has 0 bridgehead atoms. The number of carboxylic acids is 1. The van der Waals surface area contributed by atoms with Crippen LogP contribution in [0, 0.1) is 11.6 Å². The molecule has 0 atom stereocenters. The van der Waals surface area contributed by atoms with Crippen molar-refractivity contribution < 1.29 is 18.7 Å². The lowest BCUT2D eigenvalue weighted by molar-refractivity contribution is 0.0698. The molecule has 0 saturated heterocycles. The van der Waals surface area contributed by atoms with Gasteiger partial charge in [-0.3, -0.25) is 0 Å². The van der Waals surface area contributed by atoms with Crippen LogP contribution in [0.4, 0.5) is 25.8 Å². The second kappa shape index (κ2) is 4.93. The van der Waals surface area contributed by atoms with E-state index in [1.165, 1.54) is 18.2 Å². The van der Waals surface area contributed by atoms with E-state index in [-0.39, 0.29) is 22.6 Å². The molecule has 19 heavy (non-hydrogen) atoms. The summed E-state index contributed by atoms with van der Waals surface area (Å²) in [6.07, 6.45) is 0. The standard InChI is InChI=1S/C13H10F2N2O2/c14-7-3-8(15)5-10(4-7)17-12-2-1-9(16)6-11(12)13(18)19/h1-6,17H,16H2,(H,18,19). The lowest BCUT2D eigenvalue weighted by atomic mass is 10.1. The molecule has 0 aliphatic heterocycles. The third-order valence-corrected chi connectivity index (χ3v) is 2.42. The molecule has 0 amide bonds. The zero-order chi connectivity index (χ0) is 14.0. The van der Waals surface area contributed by atoms with Gasteiger partial charge in [0, 0.05) is 17.4 Å². The number of halogens is 2. The van der Waals surface area contributed by atoms with Gasteiger partial charge >= 0.3 is 5.97 Å². The Morgan fingerprint density at radius 1 is 1.11 bits per heavy atom. The minimum atomic E-state index is -1.19. The maximum absolute atomic E-state index is 13.0. The van der Waals surface area contributed by atoms with E-state index < -0.39 is 17.6 Å². The van der Waals surface area contributed by atoms with Gasteiger partial charge in [-0.05, 0) is 30.3 Å². The highest BCUT2D eigenvalue weighted by Gasteiger charge is 2.11.